The summed E-state index contributed by atoms with van der Waals surface area (Å²) in [6, 6.07) is 0. The lowest BCUT2D eigenvalue weighted by Gasteiger charge is -2.15. The van der Waals surface area contributed by atoms with Crippen LogP contribution in [0.2, 0.25) is 0 Å². The molecule has 0 N–H and O–H groups in total. The second-order valence-corrected chi connectivity index (χ2v) is 7.87. The van der Waals surface area contributed by atoms with E-state index < -0.39 is 0 Å². The summed E-state index contributed by atoms with van der Waals surface area (Å²) in [7, 11) is 0. The van der Waals surface area contributed by atoms with E-state index >= 15 is 0 Å². The summed E-state index contributed by atoms with van der Waals surface area (Å²) in [5.74, 6) is 2.31. The van der Waals surface area contributed by atoms with E-state index in [1.807, 2.05) is 0 Å². The summed E-state index contributed by atoms with van der Waals surface area (Å²) in [6.07, 6.45) is 21.6. The molecule has 0 aromatic carbocycles. The van der Waals surface area contributed by atoms with Gasteiger partial charge in [-0.3, -0.25) is 0 Å². The summed E-state index contributed by atoms with van der Waals surface area (Å²) < 4.78 is 0. The van der Waals surface area contributed by atoms with Crippen LogP contribution in [-0.2, 0) is 0 Å². The van der Waals surface area contributed by atoms with Crippen molar-refractivity contribution in [2.75, 3.05) is 0 Å². The molecule has 0 fully saturated rings. The smallest absolute Gasteiger partial charge is 0.0138 e. The number of rotatable bonds is 17. The Morgan fingerprint density at radius 1 is 0.619 bits per heavy atom. The zero-order valence-electron chi connectivity index (χ0n) is 15.2. The van der Waals surface area contributed by atoms with Gasteiger partial charge >= 0.3 is 0 Å². The van der Waals surface area contributed by atoms with Gasteiger partial charge in [-0.1, -0.05) is 104 Å². The Morgan fingerprint density at radius 2 is 1.00 bits per heavy atom. The summed E-state index contributed by atoms with van der Waals surface area (Å²) in [5.41, 5.74) is 0. The van der Waals surface area contributed by atoms with Gasteiger partial charge in [0.1, 0.15) is 0 Å². The highest BCUT2D eigenvalue weighted by atomic mass is 32.2. The van der Waals surface area contributed by atoms with E-state index in [4.69, 9.17) is 0 Å². The highest BCUT2D eigenvalue weighted by Crippen LogP contribution is 2.25. The van der Waals surface area contributed by atoms with Crippen LogP contribution in [0, 0.1) is 5.75 Å². The van der Waals surface area contributed by atoms with Gasteiger partial charge in [-0.2, -0.15) is 11.8 Å². The maximum atomic E-state index is 2.31. The number of thioether (sulfide) groups is 1. The summed E-state index contributed by atoms with van der Waals surface area (Å²) in [6.45, 7) is 6.79. The minimum absolute atomic E-state index is 0.900. The van der Waals surface area contributed by atoms with Crippen LogP contribution in [0.1, 0.15) is 117 Å². The van der Waals surface area contributed by atoms with Crippen molar-refractivity contribution in [1.82, 2.24) is 0 Å². The molecular formula is C20H41S. The lowest BCUT2D eigenvalue weighted by molar-refractivity contribution is 0.539. The minimum atomic E-state index is 0.900. The zero-order valence-corrected chi connectivity index (χ0v) is 16.0. The molecule has 1 unspecified atom stereocenters. The Kier molecular flexibility index (Phi) is 18.7. The fourth-order valence-electron chi connectivity index (χ4n) is 2.95. The highest BCUT2D eigenvalue weighted by Gasteiger charge is 2.08. The summed E-state index contributed by atoms with van der Waals surface area (Å²) in [4.78, 5) is 0. The van der Waals surface area contributed by atoms with Crippen LogP contribution in [0.4, 0.5) is 0 Å². The Balaban J connectivity index is 3.44. The van der Waals surface area contributed by atoms with E-state index in [2.05, 4.69) is 38.3 Å². The average molecular weight is 314 g/mol. The van der Waals surface area contributed by atoms with Gasteiger partial charge in [-0.05, 0) is 12.8 Å². The molecule has 0 bridgehead atoms. The minimum Gasteiger partial charge on any atom is -0.154 e. The van der Waals surface area contributed by atoms with E-state index in [1.165, 1.54) is 96.3 Å². The topological polar surface area (TPSA) is 0 Å². The predicted octanol–water partition coefficient (Wildman–Crippen LogP) is 8.16. The van der Waals surface area contributed by atoms with Crippen molar-refractivity contribution >= 4 is 11.8 Å². The zero-order chi connectivity index (χ0) is 15.6. The molecule has 0 aliphatic rings. The summed E-state index contributed by atoms with van der Waals surface area (Å²) in [5, 5.41) is 0.900. The van der Waals surface area contributed by atoms with Gasteiger partial charge in [-0.15, -0.1) is 0 Å². The molecule has 0 saturated carbocycles. The molecular weight excluding hydrogens is 272 g/mol. The fourth-order valence-corrected chi connectivity index (χ4v) is 3.94. The molecule has 1 radical (unpaired) electrons. The van der Waals surface area contributed by atoms with E-state index in [9.17, 15) is 0 Å². The molecule has 127 valence electrons. The van der Waals surface area contributed by atoms with Crippen LogP contribution in [-0.4, -0.2) is 5.25 Å². The summed E-state index contributed by atoms with van der Waals surface area (Å²) >= 11 is 2.09. The van der Waals surface area contributed by atoms with Gasteiger partial charge < -0.3 is 0 Å². The predicted molar refractivity (Wildman–Crippen MR) is 102 cm³/mol. The standard InChI is InChI=1S/C20H41S/c1-4-7-9-11-13-15-17-19-20(21-6-3)18-16-14-12-10-8-5-2/h6,20H,4-5,7-19H2,1-3H3. The van der Waals surface area contributed by atoms with Gasteiger partial charge in [0.2, 0.25) is 0 Å². The molecule has 0 aliphatic carbocycles. The monoisotopic (exact) mass is 313 g/mol. The largest absolute Gasteiger partial charge is 0.154 e. The lowest BCUT2D eigenvalue weighted by atomic mass is 10.0. The highest BCUT2D eigenvalue weighted by molar-refractivity contribution is 8.01. The third kappa shape index (κ3) is 16.5. The van der Waals surface area contributed by atoms with E-state index in [0.29, 0.717) is 0 Å². The first kappa shape index (κ1) is 21.4. The second-order valence-electron chi connectivity index (χ2n) is 6.46. The number of unbranched alkanes of at least 4 members (excludes halogenated alkanes) is 11. The molecule has 0 saturated heterocycles. The Bertz CT molecular complexity index is 179. The van der Waals surface area contributed by atoms with Crippen molar-refractivity contribution in [3.8, 4) is 0 Å². The van der Waals surface area contributed by atoms with Gasteiger partial charge in [0.15, 0.2) is 0 Å². The third-order valence-electron chi connectivity index (χ3n) is 4.34. The molecule has 0 rings (SSSR count). The molecule has 21 heavy (non-hydrogen) atoms. The van der Waals surface area contributed by atoms with Gasteiger partial charge in [0.25, 0.3) is 0 Å². The van der Waals surface area contributed by atoms with Gasteiger partial charge in [-0.25, -0.2) is 0 Å². The maximum Gasteiger partial charge on any atom is 0.0138 e. The molecule has 0 amide bonds. The van der Waals surface area contributed by atoms with Crippen LogP contribution >= 0.6 is 11.8 Å². The van der Waals surface area contributed by atoms with Crippen LogP contribution < -0.4 is 0 Å². The second kappa shape index (κ2) is 18.4. The van der Waals surface area contributed by atoms with Crippen LogP contribution in [0.3, 0.4) is 0 Å². The fraction of sp³-hybridized carbons (Fsp3) is 0.950. The lowest BCUT2D eigenvalue weighted by Crippen LogP contribution is -2.02. The SMILES string of the molecule is C[CH]SC(CCCCCCCC)CCCCCCCCC. The van der Waals surface area contributed by atoms with Gasteiger partial charge in [0.05, 0.1) is 0 Å². The number of hydrogen-bond donors (Lipinski definition) is 0. The normalized spacial score (nSPS) is 12.7. The first-order chi connectivity index (χ1) is 10.3. The van der Waals surface area contributed by atoms with Crippen LogP contribution in [0.5, 0.6) is 0 Å². The van der Waals surface area contributed by atoms with Crippen LogP contribution in [0.15, 0.2) is 0 Å². The van der Waals surface area contributed by atoms with Crippen LogP contribution in [0.25, 0.3) is 0 Å². The third-order valence-corrected chi connectivity index (χ3v) is 5.47. The van der Waals surface area contributed by atoms with E-state index in [-0.39, 0.29) is 0 Å². The van der Waals surface area contributed by atoms with Crippen molar-refractivity contribution in [3.63, 3.8) is 0 Å². The van der Waals surface area contributed by atoms with E-state index in [0.717, 1.165) is 5.25 Å². The molecule has 1 heteroatoms. The van der Waals surface area contributed by atoms with Crippen molar-refractivity contribution < 1.29 is 0 Å². The van der Waals surface area contributed by atoms with E-state index in [1.54, 1.807) is 0 Å². The molecule has 0 aliphatic heterocycles. The molecule has 0 heterocycles. The molecule has 0 nitrogen and oxygen atoms in total. The quantitative estimate of drug-likeness (QED) is 0.244. The van der Waals surface area contributed by atoms with Crippen molar-refractivity contribution in [2.45, 2.75) is 122 Å². The molecule has 1 atom stereocenters. The first-order valence-corrected chi connectivity index (χ1v) is 10.7. The Hall–Kier alpha value is 0.350. The Morgan fingerprint density at radius 3 is 1.38 bits per heavy atom. The molecule has 0 aromatic rings. The molecule has 0 aromatic heterocycles. The first-order valence-electron chi connectivity index (χ1n) is 9.78. The van der Waals surface area contributed by atoms with Crippen molar-refractivity contribution in [1.29, 1.82) is 0 Å². The Labute approximate surface area is 140 Å². The number of hydrogen-bond acceptors (Lipinski definition) is 1. The van der Waals surface area contributed by atoms with Gasteiger partial charge in [0, 0.05) is 11.0 Å². The van der Waals surface area contributed by atoms with Crippen molar-refractivity contribution in [3.05, 3.63) is 5.75 Å². The average Bonchev–Trinajstić information content (AvgIpc) is 2.49. The maximum absolute atomic E-state index is 2.31. The van der Waals surface area contributed by atoms with Crippen molar-refractivity contribution in [2.24, 2.45) is 0 Å². The molecule has 0 spiro atoms.